The van der Waals surface area contributed by atoms with Gasteiger partial charge in [-0.05, 0) is 36.6 Å². The van der Waals surface area contributed by atoms with Gasteiger partial charge in [0.15, 0.2) is 5.78 Å². The van der Waals surface area contributed by atoms with E-state index in [-0.39, 0.29) is 5.78 Å². The van der Waals surface area contributed by atoms with Crippen LogP contribution in [0.3, 0.4) is 0 Å². The SMILES string of the molecule is CC(=O)c1ccc(C=CCCN=[N+]=[N-])cc1Cl. The van der Waals surface area contributed by atoms with Crippen molar-refractivity contribution in [3.8, 4) is 0 Å². The van der Waals surface area contributed by atoms with Gasteiger partial charge in [0.25, 0.3) is 0 Å². The Morgan fingerprint density at radius 1 is 1.59 bits per heavy atom. The van der Waals surface area contributed by atoms with Crippen molar-refractivity contribution in [2.45, 2.75) is 13.3 Å². The first-order valence-corrected chi connectivity index (χ1v) is 5.51. The molecule has 5 heteroatoms. The van der Waals surface area contributed by atoms with E-state index < -0.39 is 0 Å². The lowest BCUT2D eigenvalue weighted by Gasteiger charge is -2.00. The van der Waals surface area contributed by atoms with Crippen molar-refractivity contribution in [1.82, 2.24) is 0 Å². The monoisotopic (exact) mass is 249 g/mol. The Bertz CT molecular complexity index is 491. The lowest BCUT2D eigenvalue weighted by molar-refractivity contribution is 0.101. The van der Waals surface area contributed by atoms with E-state index in [9.17, 15) is 4.79 Å². The van der Waals surface area contributed by atoms with Gasteiger partial charge in [0.1, 0.15) is 0 Å². The fraction of sp³-hybridized carbons (Fsp3) is 0.250. The van der Waals surface area contributed by atoms with Gasteiger partial charge in [0.2, 0.25) is 0 Å². The normalized spacial score (nSPS) is 10.2. The second kappa shape index (κ2) is 6.74. The molecule has 0 bridgehead atoms. The molecule has 0 fully saturated rings. The Balaban J connectivity index is 2.70. The first-order valence-electron chi connectivity index (χ1n) is 5.13. The highest BCUT2D eigenvalue weighted by Gasteiger charge is 2.04. The molecule has 0 heterocycles. The highest BCUT2D eigenvalue weighted by molar-refractivity contribution is 6.34. The summed E-state index contributed by atoms with van der Waals surface area (Å²) in [7, 11) is 0. The number of rotatable bonds is 5. The summed E-state index contributed by atoms with van der Waals surface area (Å²) >= 11 is 5.97. The van der Waals surface area contributed by atoms with Crippen molar-refractivity contribution in [3.05, 3.63) is 50.9 Å². The fourth-order valence-electron chi connectivity index (χ4n) is 1.32. The molecule has 0 atom stereocenters. The van der Waals surface area contributed by atoms with Crippen LogP contribution < -0.4 is 0 Å². The molecule has 0 aromatic heterocycles. The molecule has 0 spiro atoms. The quantitative estimate of drug-likeness (QED) is 0.253. The van der Waals surface area contributed by atoms with Crippen LogP contribution in [0.15, 0.2) is 29.4 Å². The summed E-state index contributed by atoms with van der Waals surface area (Å²) in [5.41, 5.74) is 9.53. The largest absolute Gasteiger partial charge is 0.294 e. The third kappa shape index (κ3) is 4.31. The molecule has 88 valence electrons. The molecule has 4 nitrogen and oxygen atoms in total. The van der Waals surface area contributed by atoms with Crippen LogP contribution in [-0.2, 0) is 0 Å². The zero-order chi connectivity index (χ0) is 12.7. The summed E-state index contributed by atoms with van der Waals surface area (Å²) in [6, 6.07) is 5.27. The van der Waals surface area contributed by atoms with Gasteiger partial charge in [-0.2, -0.15) is 0 Å². The maximum atomic E-state index is 11.2. The van der Waals surface area contributed by atoms with Crippen LogP contribution in [0.25, 0.3) is 16.5 Å². The molecule has 0 saturated carbocycles. The first-order chi connectivity index (χ1) is 8.15. The van der Waals surface area contributed by atoms with Crippen molar-refractivity contribution in [2.24, 2.45) is 5.11 Å². The molecule has 0 aliphatic heterocycles. The lowest BCUT2D eigenvalue weighted by atomic mass is 10.1. The first kappa shape index (κ1) is 13.3. The summed E-state index contributed by atoms with van der Waals surface area (Å²) in [6.45, 7) is 1.92. The van der Waals surface area contributed by atoms with E-state index in [1.807, 2.05) is 18.2 Å². The van der Waals surface area contributed by atoms with Gasteiger partial charge < -0.3 is 0 Å². The van der Waals surface area contributed by atoms with E-state index >= 15 is 0 Å². The highest BCUT2D eigenvalue weighted by atomic mass is 35.5. The topological polar surface area (TPSA) is 65.8 Å². The van der Waals surface area contributed by atoms with Gasteiger partial charge in [0.05, 0.1) is 5.02 Å². The Kier molecular flexibility index (Phi) is 5.27. The third-order valence-electron chi connectivity index (χ3n) is 2.14. The van der Waals surface area contributed by atoms with E-state index in [2.05, 4.69) is 10.0 Å². The third-order valence-corrected chi connectivity index (χ3v) is 2.45. The number of nitrogens with zero attached hydrogens (tertiary/aromatic N) is 3. The number of hydrogen-bond acceptors (Lipinski definition) is 2. The highest BCUT2D eigenvalue weighted by Crippen LogP contribution is 2.19. The molecular weight excluding hydrogens is 238 g/mol. The molecule has 0 aliphatic rings. The minimum atomic E-state index is -0.0473. The van der Waals surface area contributed by atoms with Crippen LogP contribution in [0, 0.1) is 0 Å². The maximum absolute atomic E-state index is 11.2. The zero-order valence-corrected chi connectivity index (χ0v) is 10.2. The average Bonchev–Trinajstić information content (AvgIpc) is 2.28. The van der Waals surface area contributed by atoms with Crippen LogP contribution in [0.1, 0.15) is 29.3 Å². The van der Waals surface area contributed by atoms with E-state index in [4.69, 9.17) is 17.1 Å². The van der Waals surface area contributed by atoms with E-state index in [0.29, 0.717) is 23.6 Å². The summed E-state index contributed by atoms with van der Waals surface area (Å²) < 4.78 is 0. The van der Waals surface area contributed by atoms with Gasteiger partial charge in [-0.3, -0.25) is 4.79 Å². The van der Waals surface area contributed by atoms with Gasteiger partial charge in [-0.25, -0.2) is 0 Å². The van der Waals surface area contributed by atoms with E-state index in [1.54, 1.807) is 12.1 Å². The van der Waals surface area contributed by atoms with E-state index in [0.717, 1.165) is 5.56 Å². The van der Waals surface area contributed by atoms with Gasteiger partial charge in [-0.1, -0.05) is 34.9 Å². The van der Waals surface area contributed by atoms with E-state index in [1.165, 1.54) is 6.92 Å². The number of carbonyl (C=O) groups excluding carboxylic acids is 1. The number of carbonyl (C=O) groups is 1. The molecule has 0 saturated heterocycles. The molecule has 0 radical (unpaired) electrons. The maximum Gasteiger partial charge on any atom is 0.161 e. The summed E-state index contributed by atoms with van der Waals surface area (Å²) in [4.78, 5) is 13.8. The summed E-state index contributed by atoms with van der Waals surface area (Å²) in [6.07, 6.45) is 4.45. The molecule has 17 heavy (non-hydrogen) atoms. The predicted molar refractivity (Wildman–Crippen MR) is 69.1 cm³/mol. The fourth-order valence-corrected chi connectivity index (χ4v) is 1.64. The van der Waals surface area contributed by atoms with Crippen LogP contribution in [0.2, 0.25) is 5.02 Å². The van der Waals surface area contributed by atoms with Crippen molar-refractivity contribution in [3.63, 3.8) is 0 Å². The smallest absolute Gasteiger partial charge is 0.161 e. The number of hydrogen-bond donors (Lipinski definition) is 0. The second-order valence-electron chi connectivity index (χ2n) is 3.44. The van der Waals surface area contributed by atoms with Crippen LogP contribution >= 0.6 is 11.6 Å². The molecule has 1 rings (SSSR count). The standard InChI is InChI=1S/C12H12ClN3O/c1-9(17)11-6-5-10(8-12(11)13)4-2-3-7-15-16-14/h2,4-6,8H,3,7H2,1H3. The molecule has 0 N–H and O–H groups in total. The Hall–Kier alpha value is -1.77. The number of azide groups is 1. The lowest BCUT2D eigenvalue weighted by Crippen LogP contribution is -1.93. The second-order valence-corrected chi connectivity index (χ2v) is 3.85. The molecule has 1 aromatic rings. The van der Waals surface area contributed by atoms with Crippen LogP contribution in [0.5, 0.6) is 0 Å². The molecule has 0 amide bonds. The van der Waals surface area contributed by atoms with Crippen molar-refractivity contribution in [1.29, 1.82) is 0 Å². The number of Topliss-reactive ketones (excluding diaryl/α,β-unsaturated/α-hetero) is 1. The number of benzene rings is 1. The molecular formula is C12H12ClN3O. The summed E-state index contributed by atoms with van der Waals surface area (Å²) in [5, 5.41) is 3.87. The Morgan fingerprint density at radius 3 is 2.94 bits per heavy atom. The Morgan fingerprint density at radius 2 is 2.35 bits per heavy atom. The van der Waals surface area contributed by atoms with Gasteiger partial charge in [-0.15, -0.1) is 0 Å². The zero-order valence-electron chi connectivity index (χ0n) is 9.43. The minimum Gasteiger partial charge on any atom is -0.294 e. The number of halogens is 1. The van der Waals surface area contributed by atoms with Crippen molar-refractivity contribution < 1.29 is 4.79 Å². The predicted octanol–water partition coefficient (Wildman–Crippen LogP) is 4.26. The molecule has 0 aliphatic carbocycles. The molecule has 1 aromatic carbocycles. The summed E-state index contributed by atoms with van der Waals surface area (Å²) in [5.74, 6) is -0.0473. The number of ketones is 1. The van der Waals surface area contributed by atoms with Crippen LogP contribution in [-0.4, -0.2) is 12.3 Å². The van der Waals surface area contributed by atoms with Crippen molar-refractivity contribution >= 4 is 23.5 Å². The minimum absolute atomic E-state index is 0.0473. The van der Waals surface area contributed by atoms with Gasteiger partial charge in [0, 0.05) is 17.0 Å². The average molecular weight is 250 g/mol. The van der Waals surface area contributed by atoms with Crippen LogP contribution in [0.4, 0.5) is 0 Å². The Labute approximate surface area is 105 Å². The van der Waals surface area contributed by atoms with Gasteiger partial charge >= 0.3 is 0 Å². The molecule has 0 unspecified atom stereocenters. The van der Waals surface area contributed by atoms with Crippen molar-refractivity contribution in [2.75, 3.05) is 6.54 Å².